The average Bonchev–Trinajstić information content (AvgIpc) is 2.18. The molecule has 0 aliphatic heterocycles. The summed E-state index contributed by atoms with van der Waals surface area (Å²) in [5.74, 6) is 0. The SMILES string of the molecule is OC1(CI)CCc2ccccc2C1. The Labute approximate surface area is 92.3 Å². The van der Waals surface area contributed by atoms with Gasteiger partial charge in [-0.2, -0.15) is 0 Å². The van der Waals surface area contributed by atoms with E-state index in [9.17, 15) is 5.11 Å². The van der Waals surface area contributed by atoms with E-state index >= 15 is 0 Å². The molecule has 0 bridgehead atoms. The molecule has 0 fully saturated rings. The van der Waals surface area contributed by atoms with Crippen LogP contribution in [0.25, 0.3) is 0 Å². The van der Waals surface area contributed by atoms with Crippen LogP contribution in [0.1, 0.15) is 17.5 Å². The summed E-state index contributed by atoms with van der Waals surface area (Å²) in [4.78, 5) is 0. The predicted octanol–water partition coefficient (Wildman–Crippen LogP) is 2.34. The molecule has 1 unspecified atom stereocenters. The Hall–Kier alpha value is -0.0900. The van der Waals surface area contributed by atoms with Gasteiger partial charge in [-0.05, 0) is 24.0 Å². The van der Waals surface area contributed by atoms with Crippen LogP contribution in [0.5, 0.6) is 0 Å². The molecule has 0 saturated heterocycles. The van der Waals surface area contributed by atoms with E-state index in [-0.39, 0.29) is 0 Å². The third-order valence-electron chi connectivity index (χ3n) is 2.75. The number of alkyl halides is 1. The zero-order valence-electron chi connectivity index (χ0n) is 7.46. The molecular formula is C11H13IO. The van der Waals surface area contributed by atoms with Crippen LogP contribution in [0.2, 0.25) is 0 Å². The molecule has 0 saturated carbocycles. The lowest BCUT2D eigenvalue weighted by Gasteiger charge is -2.31. The van der Waals surface area contributed by atoms with E-state index < -0.39 is 5.60 Å². The van der Waals surface area contributed by atoms with Gasteiger partial charge in [-0.1, -0.05) is 46.9 Å². The molecule has 0 spiro atoms. The molecule has 1 aliphatic rings. The van der Waals surface area contributed by atoms with Crippen LogP contribution >= 0.6 is 22.6 Å². The maximum atomic E-state index is 10.1. The normalized spacial score (nSPS) is 26.9. The third-order valence-corrected chi connectivity index (χ3v) is 4.17. The number of fused-ring (bicyclic) bond motifs is 1. The molecule has 13 heavy (non-hydrogen) atoms. The first-order valence-electron chi connectivity index (χ1n) is 4.59. The van der Waals surface area contributed by atoms with Gasteiger partial charge in [0.15, 0.2) is 0 Å². The molecule has 1 nitrogen and oxygen atoms in total. The fourth-order valence-corrected chi connectivity index (χ4v) is 2.55. The Morgan fingerprint density at radius 3 is 2.69 bits per heavy atom. The number of aryl methyl sites for hydroxylation is 1. The van der Waals surface area contributed by atoms with Gasteiger partial charge in [-0.3, -0.25) is 0 Å². The van der Waals surface area contributed by atoms with Crippen molar-refractivity contribution >= 4 is 22.6 Å². The highest BCUT2D eigenvalue weighted by Gasteiger charge is 2.30. The molecule has 0 amide bonds. The summed E-state index contributed by atoms with van der Waals surface area (Å²) < 4.78 is 0.832. The summed E-state index contributed by atoms with van der Waals surface area (Å²) in [6, 6.07) is 8.43. The van der Waals surface area contributed by atoms with Crippen molar-refractivity contribution in [1.29, 1.82) is 0 Å². The van der Waals surface area contributed by atoms with E-state index in [1.807, 2.05) is 0 Å². The number of benzene rings is 1. The number of hydrogen-bond donors (Lipinski definition) is 1. The maximum absolute atomic E-state index is 10.1. The summed E-state index contributed by atoms with van der Waals surface area (Å²) in [7, 11) is 0. The zero-order chi connectivity index (χ0) is 9.31. The number of rotatable bonds is 1. The largest absolute Gasteiger partial charge is 0.389 e. The third kappa shape index (κ3) is 1.89. The van der Waals surface area contributed by atoms with Gasteiger partial charge in [0.2, 0.25) is 0 Å². The Balaban J connectivity index is 2.29. The summed E-state index contributed by atoms with van der Waals surface area (Å²) in [5, 5.41) is 10.1. The molecule has 70 valence electrons. The van der Waals surface area contributed by atoms with Crippen LogP contribution in [-0.4, -0.2) is 15.1 Å². The van der Waals surface area contributed by atoms with Gasteiger partial charge in [-0.15, -0.1) is 0 Å². The number of aliphatic hydroxyl groups is 1. The van der Waals surface area contributed by atoms with Crippen LogP contribution in [0, 0.1) is 0 Å². The summed E-state index contributed by atoms with van der Waals surface area (Å²) >= 11 is 2.27. The van der Waals surface area contributed by atoms with E-state index in [0.717, 1.165) is 23.7 Å². The molecule has 1 aromatic carbocycles. The quantitative estimate of drug-likeness (QED) is 0.621. The fourth-order valence-electron chi connectivity index (χ4n) is 1.90. The van der Waals surface area contributed by atoms with Crippen LogP contribution < -0.4 is 0 Å². The minimum atomic E-state index is -0.449. The highest BCUT2D eigenvalue weighted by Crippen LogP contribution is 2.29. The molecule has 1 N–H and O–H groups in total. The average molecular weight is 288 g/mol. The van der Waals surface area contributed by atoms with Crippen molar-refractivity contribution in [2.24, 2.45) is 0 Å². The molecule has 0 aromatic heterocycles. The first-order valence-corrected chi connectivity index (χ1v) is 6.11. The first kappa shape index (κ1) is 9.46. The topological polar surface area (TPSA) is 20.2 Å². The Morgan fingerprint density at radius 1 is 1.31 bits per heavy atom. The summed E-state index contributed by atoms with van der Waals surface area (Å²) in [6.45, 7) is 0. The van der Waals surface area contributed by atoms with Crippen LogP contribution in [0.3, 0.4) is 0 Å². The molecule has 1 aliphatic carbocycles. The van der Waals surface area contributed by atoms with Crippen LogP contribution in [0.4, 0.5) is 0 Å². The maximum Gasteiger partial charge on any atom is 0.0780 e. The lowest BCUT2D eigenvalue weighted by Crippen LogP contribution is -2.37. The minimum absolute atomic E-state index is 0.449. The van der Waals surface area contributed by atoms with Crippen molar-refractivity contribution < 1.29 is 5.11 Å². The first-order chi connectivity index (χ1) is 6.23. The molecule has 1 aromatic rings. The van der Waals surface area contributed by atoms with Gasteiger partial charge in [0.05, 0.1) is 5.60 Å². The van der Waals surface area contributed by atoms with Crippen molar-refractivity contribution in [2.75, 3.05) is 4.43 Å². The summed E-state index contributed by atoms with van der Waals surface area (Å²) in [6.07, 6.45) is 2.76. The standard InChI is InChI=1S/C11H13IO/c12-8-11(13)6-5-9-3-1-2-4-10(9)7-11/h1-4,13H,5-8H2. The number of halogens is 1. The van der Waals surface area contributed by atoms with Crippen molar-refractivity contribution in [1.82, 2.24) is 0 Å². The van der Waals surface area contributed by atoms with Gasteiger partial charge >= 0.3 is 0 Å². The molecule has 2 heteroatoms. The van der Waals surface area contributed by atoms with E-state index in [0.29, 0.717) is 0 Å². The second-order valence-electron chi connectivity index (χ2n) is 3.80. The smallest absolute Gasteiger partial charge is 0.0780 e. The predicted molar refractivity (Wildman–Crippen MR) is 62.3 cm³/mol. The van der Waals surface area contributed by atoms with E-state index in [1.54, 1.807) is 0 Å². The zero-order valence-corrected chi connectivity index (χ0v) is 9.62. The second kappa shape index (κ2) is 3.58. The lowest BCUT2D eigenvalue weighted by atomic mass is 9.82. The van der Waals surface area contributed by atoms with Crippen molar-refractivity contribution in [3.63, 3.8) is 0 Å². The van der Waals surface area contributed by atoms with Gasteiger partial charge in [0, 0.05) is 10.8 Å². The van der Waals surface area contributed by atoms with E-state index in [2.05, 4.69) is 46.9 Å². The highest BCUT2D eigenvalue weighted by atomic mass is 127. The van der Waals surface area contributed by atoms with Crippen molar-refractivity contribution in [2.45, 2.75) is 24.9 Å². The van der Waals surface area contributed by atoms with Gasteiger partial charge in [0.25, 0.3) is 0 Å². The van der Waals surface area contributed by atoms with Gasteiger partial charge in [0.1, 0.15) is 0 Å². The van der Waals surface area contributed by atoms with Crippen molar-refractivity contribution in [3.8, 4) is 0 Å². The van der Waals surface area contributed by atoms with Crippen LogP contribution in [-0.2, 0) is 12.8 Å². The molecule has 0 radical (unpaired) electrons. The van der Waals surface area contributed by atoms with E-state index in [1.165, 1.54) is 11.1 Å². The Bertz CT molecular complexity index is 311. The monoisotopic (exact) mass is 288 g/mol. The molecular weight excluding hydrogens is 275 g/mol. The molecule has 1 atom stereocenters. The molecule has 2 rings (SSSR count). The highest BCUT2D eigenvalue weighted by molar-refractivity contribution is 14.1. The molecule has 0 heterocycles. The fraction of sp³-hybridized carbons (Fsp3) is 0.455. The van der Waals surface area contributed by atoms with Crippen molar-refractivity contribution in [3.05, 3.63) is 35.4 Å². The Kier molecular flexibility index (Phi) is 2.60. The minimum Gasteiger partial charge on any atom is -0.389 e. The second-order valence-corrected chi connectivity index (χ2v) is 4.57. The summed E-state index contributed by atoms with van der Waals surface area (Å²) in [5.41, 5.74) is 2.29. The van der Waals surface area contributed by atoms with Gasteiger partial charge < -0.3 is 5.11 Å². The van der Waals surface area contributed by atoms with Gasteiger partial charge in [-0.25, -0.2) is 0 Å². The lowest BCUT2D eigenvalue weighted by molar-refractivity contribution is 0.0538. The number of hydrogen-bond acceptors (Lipinski definition) is 1. The Morgan fingerprint density at radius 2 is 2.00 bits per heavy atom. The van der Waals surface area contributed by atoms with E-state index in [4.69, 9.17) is 0 Å². The van der Waals surface area contributed by atoms with Crippen LogP contribution in [0.15, 0.2) is 24.3 Å².